The van der Waals surface area contributed by atoms with Crippen LogP contribution < -0.4 is 0 Å². The molecule has 4 fully saturated rings. The summed E-state index contributed by atoms with van der Waals surface area (Å²) in [5.41, 5.74) is -1.51. The van der Waals surface area contributed by atoms with Crippen molar-refractivity contribution >= 4 is 23.2 Å². The number of carbonyl (C=O) groups excluding carboxylic acids is 2. The highest BCUT2D eigenvalue weighted by molar-refractivity contribution is 7.09. The van der Waals surface area contributed by atoms with Crippen LogP contribution in [0.25, 0.3) is 0 Å². The highest BCUT2D eigenvalue weighted by atomic mass is 32.1. The fraction of sp³-hybridized carbons (Fsp3) is 0.556. The molecular weight excluding hydrogens is 580 g/mol. The van der Waals surface area contributed by atoms with Crippen LogP contribution >= 0.6 is 11.3 Å². The Kier molecular flexibility index (Phi) is 6.08. The Balaban J connectivity index is 1.22. The summed E-state index contributed by atoms with van der Waals surface area (Å²) in [5, 5.41) is 12.9. The molecule has 44 heavy (non-hydrogen) atoms. The number of Topliss-reactive ketones (excluding diaryl/α,β-unsaturated/α-hetero) is 1. The van der Waals surface area contributed by atoms with Crippen LogP contribution in [-0.4, -0.2) is 46.7 Å². The van der Waals surface area contributed by atoms with E-state index in [1.807, 2.05) is 11.0 Å². The molecule has 3 saturated carbocycles. The number of nitrogens with zero attached hydrogens (tertiary/aromatic N) is 1. The first-order valence-corrected chi connectivity index (χ1v) is 17.0. The number of fused-ring (bicyclic) bond motifs is 2. The number of hydrogen-bond acceptors (Lipinski definition) is 5. The third-order valence-electron chi connectivity index (χ3n) is 13.3. The largest absolute Gasteiger partial charge is 0.440 e. The number of ketones is 1. The van der Waals surface area contributed by atoms with E-state index in [9.17, 15) is 23.5 Å². The minimum Gasteiger partial charge on any atom is -0.440 e. The Labute approximate surface area is 261 Å². The van der Waals surface area contributed by atoms with Gasteiger partial charge < -0.3 is 14.7 Å². The van der Waals surface area contributed by atoms with Gasteiger partial charge in [0.2, 0.25) is 0 Å². The van der Waals surface area contributed by atoms with Gasteiger partial charge in [-0.3, -0.25) is 4.79 Å². The molecule has 232 valence electrons. The lowest BCUT2D eigenvalue weighted by molar-refractivity contribution is -0.164. The number of aliphatic hydroxyl groups excluding tert-OH is 1. The first-order valence-electron chi connectivity index (χ1n) is 16.1. The number of aliphatic hydroxyl groups is 1. The van der Waals surface area contributed by atoms with Gasteiger partial charge >= 0.3 is 6.09 Å². The maximum atomic E-state index is 14.5. The van der Waals surface area contributed by atoms with E-state index in [4.69, 9.17) is 4.74 Å². The van der Waals surface area contributed by atoms with E-state index in [2.05, 4.69) is 43.5 Å². The number of halogens is 2. The molecule has 1 aromatic heterocycles. The van der Waals surface area contributed by atoms with Crippen molar-refractivity contribution in [1.82, 2.24) is 4.90 Å². The van der Waals surface area contributed by atoms with Crippen molar-refractivity contribution in [1.29, 1.82) is 0 Å². The fourth-order valence-electron chi connectivity index (χ4n) is 11.0. The highest BCUT2D eigenvalue weighted by Crippen LogP contribution is 2.79. The molecule has 8 atom stereocenters. The summed E-state index contributed by atoms with van der Waals surface area (Å²) in [6.07, 6.45) is 12.1. The van der Waals surface area contributed by atoms with Crippen LogP contribution in [0.5, 0.6) is 0 Å². The highest BCUT2D eigenvalue weighted by Gasteiger charge is 2.76. The van der Waals surface area contributed by atoms with Gasteiger partial charge in [-0.1, -0.05) is 38.1 Å². The van der Waals surface area contributed by atoms with Crippen molar-refractivity contribution in [3.63, 3.8) is 0 Å². The maximum absolute atomic E-state index is 14.5. The van der Waals surface area contributed by atoms with E-state index in [0.717, 1.165) is 57.1 Å². The second-order valence-electron chi connectivity index (χ2n) is 14.8. The molecule has 1 aromatic carbocycles. The molecule has 5 nitrogen and oxygen atoms in total. The molecule has 2 heterocycles. The zero-order chi connectivity index (χ0) is 30.7. The summed E-state index contributed by atoms with van der Waals surface area (Å²) in [5.74, 6) is -2.12. The molecule has 0 radical (unpaired) electrons. The van der Waals surface area contributed by atoms with Crippen molar-refractivity contribution in [2.24, 2.45) is 33.5 Å². The lowest BCUT2D eigenvalue weighted by Gasteiger charge is -2.71. The van der Waals surface area contributed by atoms with Crippen molar-refractivity contribution in [3.8, 4) is 0 Å². The molecule has 1 amide bonds. The van der Waals surface area contributed by atoms with Crippen molar-refractivity contribution in [2.75, 3.05) is 13.1 Å². The number of allylic oxidation sites excluding steroid dienone is 4. The topological polar surface area (TPSA) is 66.8 Å². The normalized spacial score (nSPS) is 41.8. The van der Waals surface area contributed by atoms with Crippen LogP contribution in [0.4, 0.5) is 13.6 Å². The molecule has 7 aliphatic rings. The van der Waals surface area contributed by atoms with Crippen molar-refractivity contribution < 1.29 is 28.2 Å². The van der Waals surface area contributed by atoms with Gasteiger partial charge in [-0.05, 0) is 98.3 Å². The Morgan fingerprint density at radius 2 is 1.82 bits per heavy atom. The number of hydrogen-bond donors (Lipinski definition) is 1. The fourth-order valence-corrected chi connectivity index (χ4v) is 11.7. The summed E-state index contributed by atoms with van der Waals surface area (Å²) in [7, 11) is 0. The Morgan fingerprint density at radius 1 is 1.05 bits per heavy atom. The summed E-state index contributed by atoms with van der Waals surface area (Å²) < 4.78 is 34.8. The molecule has 6 aliphatic carbocycles. The van der Waals surface area contributed by atoms with Crippen LogP contribution in [-0.2, 0) is 11.2 Å². The maximum Gasteiger partial charge on any atom is 0.410 e. The quantitative estimate of drug-likeness (QED) is 0.278. The summed E-state index contributed by atoms with van der Waals surface area (Å²) in [4.78, 5) is 31.0. The van der Waals surface area contributed by atoms with E-state index in [-0.39, 0.29) is 40.1 Å². The number of rotatable bonds is 5. The average Bonchev–Trinajstić information content (AvgIpc) is 3.71. The Bertz CT molecular complexity index is 1620. The molecule has 1 aliphatic heterocycles. The first kappa shape index (κ1) is 28.6. The van der Waals surface area contributed by atoms with Crippen LogP contribution in [0.15, 0.2) is 59.5 Å². The van der Waals surface area contributed by atoms with Gasteiger partial charge in [0.25, 0.3) is 0 Å². The smallest absolute Gasteiger partial charge is 0.410 e. The lowest BCUT2D eigenvalue weighted by Crippen LogP contribution is -2.67. The Hall–Kier alpha value is -2.84. The predicted molar refractivity (Wildman–Crippen MR) is 163 cm³/mol. The Morgan fingerprint density at radius 3 is 2.59 bits per heavy atom. The summed E-state index contributed by atoms with van der Waals surface area (Å²) >= 11 is 1.69. The van der Waals surface area contributed by atoms with Gasteiger partial charge in [0.05, 0.1) is 12.6 Å². The number of carbonyl (C=O) groups is 2. The average molecular weight is 620 g/mol. The van der Waals surface area contributed by atoms with Gasteiger partial charge in [0.1, 0.15) is 5.60 Å². The number of ether oxygens (including phenoxy) is 1. The molecule has 1 N–H and O–H groups in total. The SMILES string of the molecule is CC12CCC(O)CC13C=CC1(C(C(=O)c4ccc(F)c(F)c4)=C3)C2CCC2(C)C1CCC21CN(CCc2cccs2)C(=O)O1. The van der Waals surface area contributed by atoms with Crippen LogP contribution in [0.3, 0.4) is 0 Å². The van der Waals surface area contributed by atoms with E-state index in [1.165, 1.54) is 10.9 Å². The van der Waals surface area contributed by atoms with Crippen LogP contribution in [0.1, 0.15) is 74.0 Å². The molecule has 2 aromatic rings. The third-order valence-corrected chi connectivity index (χ3v) is 14.2. The molecule has 9 rings (SSSR count). The predicted octanol–water partition coefficient (Wildman–Crippen LogP) is 7.50. The zero-order valence-electron chi connectivity index (χ0n) is 25.3. The van der Waals surface area contributed by atoms with Gasteiger partial charge in [0, 0.05) is 38.8 Å². The number of thiophene rings is 1. The minimum atomic E-state index is -1.04. The second kappa shape index (κ2) is 9.35. The molecule has 8 heteroatoms. The molecule has 2 bridgehead atoms. The molecular formula is C36H39F2NO4S. The number of amides is 1. The van der Waals surface area contributed by atoms with Crippen LogP contribution in [0.2, 0.25) is 0 Å². The lowest BCUT2D eigenvalue weighted by atomic mass is 9.32. The second-order valence-corrected chi connectivity index (χ2v) is 15.9. The summed E-state index contributed by atoms with van der Waals surface area (Å²) in [6.45, 7) is 5.76. The third kappa shape index (κ3) is 3.53. The summed E-state index contributed by atoms with van der Waals surface area (Å²) in [6, 6.07) is 7.55. The van der Waals surface area contributed by atoms with Crippen molar-refractivity contribution in [3.05, 3.63) is 81.6 Å². The standard InChI is InChI=1S/C36H39F2NO4S/c1-32-11-7-23(40)19-34(32)14-15-36(25(20-34)30(41)22-5-6-26(37)27(38)18-22)28(32)8-12-33(2)29(36)9-13-35(33)21-39(31(42)43-35)16-10-24-4-3-17-44-24/h3-6,14-15,17-18,20,23,28-29,40H,7-13,16,19,21H2,1-2H3. The van der Waals surface area contributed by atoms with Gasteiger partial charge in [0.15, 0.2) is 17.4 Å². The first-order chi connectivity index (χ1) is 21.0. The minimum absolute atomic E-state index is 0.0255. The van der Waals surface area contributed by atoms with Gasteiger partial charge in [-0.15, -0.1) is 11.3 Å². The van der Waals surface area contributed by atoms with E-state index in [0.29, 0.717) is 25.1 Å². The molecule has 8 unspecified atom stereocenters. The van der Waals surface area contributed by atoms with E-state index < -0.39 is 34.2 Å². The zero-order valence-corrected chi connectivity index (χ0v) is 26.1. The van der Waals surface area contributed by atoms with Gasteiger partial charge in [-0.25, -0.2) is 13.6 Å². The van der Waals surface area contributed by atoms with E-state index in [1.54, 1.807) is 11.3 Å². The van der Waals surface area contributed by atoms with Crippen LogP contribution in [0, 0.1) is 45.1 Å². The monoisotopic (exact) mass is 619 g/mol. The van der Waals surface area contributed by atoms with Crippen molar-refractivity contribution in [2.45, 2.75) is 76.9 Å². The molecule has 3 spiro atoms. The van der Waals surface area contributed by atoms with Gasteiger partial charge in [-0.2, -0.15) is 0 Å². The van der Waals surface area contributed by atoms with E-state index >= 15 is 0 Å². The number of benzene rings is 1. The molecule has 1 saturated heterocycles.